The first-order chi connectivity index (χ1) is 9.84. The van der Waals surface area contributed by atoms with Crippen molar-refractivity contribution in [3.8, 4) is 0 Å². The Morgan fingerprint density at radius 1 is 1.24 bits per heavy atom. The van der Waals surface area contributed by atoms with Crippen molar-refractivity contribution in [3.63, 3.8) is 0 Å². The molecule has 21 heavy (non-hydrogen) atoms. The fourth-order valence-corrected chi connectivity index (χ4v) is 3.23. The number of primary sulfonamides is 1. The average Bonchev–Trinajstić information content (AvgIpc) is 2.37. The minimum absolute atomic E-state index is 0.111. The second-order valence-electron chi connectivity index (χ2n) is 5.48. The van der Waals surface area contributed by atoms with E-state index in [1.54, 1.807) is 0 Å². The maximum atomic E-state index is 13.4. The van der Waals surface area contributed by atoms with Crippen molar-refractivity contribution in [2.45, 2.75) is 43.4 Å². The molecule has 0 radical (unpaired) electrons. The van der Waals surface area contributed by atoms with Gasteiger partial charge >= 0.3 is 0 Å². The number of nitrogens with two attached hydrogens (primary N) is 1. The summed E-state index contributed by atoms with van der Waals surface area (Å²) in [6.45, 7) is 0. The maximum Gasteiger partial charge on any atom is 0.238 e. The van der Waals surface area contributed by atoms with Crippen LogP contribution in [0.25, 0.3) is 0 Å². The van der Waals surface area contributed by atoms with Crippen molar-refractivity contribution >= 4 is 21.6 Å². The van der Waals surface area contributed by atoms with E-state index in [-0.39, 0.29) is 16.5 Å². The van der Waals surface area contributed by atoms with E-state index in [9.17, 15) is 17.6 Å². The molecule has 0 atom stereocenters. The zero-order chi connectivity index (χ0) is 15.5. The molecule has 0 aromatic heterocycles. The second-order valence-corrected chi connectivity index (χ2v) is 7.04. The van der Waals surface area contributed by atoms with Crippen LogP contribution < -0.4 is 10.5 Å². The summed E-state index contributed by atoms with van der Waals surface area (Å²) >= 11 is 0. The highest BCUT2D eigenvalue weighted by atomic mass is 32.2. The summed E-state index contributed by atoms with van der Waals surface area (Å²) in [6.07, 6.45) is 5.90. The number of hydrogen-bond donors (Lipinski definition) is 2. The van der Waals surface area contributed by atoms with Gasteiger partial charge in [0.2, 0.25) is 15.9 Å². The number of rotatable bonds is 4. The number of sulfonamides is 1. The van der Waals surface area contributed by atoms with E-state index in [0.29, 0.717) is 12.3 Å². The Hall–Kier alpha value is -1.47. The summed E-state index contributed by atoms with van der Waals surface area (Å²) in [7, 11) is -4.00. The molecule has 1 aromatic carbocycles. The highest BCUT2D eigenvalue weighted by molar-refractivity contribution is 7.89. The third-order valence-electron chi connectivity index (χ3n) is 3.68. The van der Waals surface area contributed by atoms with Gasteiger partial charge in [-0.25, -0.2) is 17.9 Å². The van der Waals surface area contributed by atoms with E-state index in [0.717, 1.165) is 43.9 Å². The number of carbonyl (C=O) groups is 1. The van der Waals surface area contributed by atoms with Gasteiger partial charge in [-0.2, -0.15) is 0 Å². The molecule has 7 heteroatoms. The molecule has 1 fully saturated rings. The number of nitrogens with one attached hydrogen (secondary N) is 1. The molecular weight excluding hydrogens is 295 g/mol. The predicted octanol–water partition coefficient (Wildman–Crippen LogP) is 2.38. The van der Waals surface area contributed by atoms with Crippen LogP contribution in [0.5, 0.6) is 0 Å². The largest absolute Gasteiger partial charge is 0.326 e. The van der Waals surface area contributed by atoms with E-state index in [1.807, 2.05) is 0 Å². The monoisotopic (exact) mass is 314 g/mol. The lowest BCUT2D eigenvalue weighted by Crippen LogP contribution is -2.19. The molecule has 0 heterocycles. The SMILES string of the molecule is NS(=O)(=O)c1cc(F)cc(NC(=O)CC2CCCCC2)c1. The summed E-state index contributed by atoms with van der Waals surface area (Å²) in [5.41, 5.74) is 0.111. The Balaban J connectivity index is 2.05. The summed E-state index contributed by atoms with van der Waals surface area (Å²) < 4.78 is 35.9. The molecule has 3 N–H and O–H groups in total. The number of halogens is 1. The van der Waals surface area contributed by atoms with Gasteiger partial charge in [0, 0.05) is 12.1 Å². The van der Waals surface area contributed by atoms with Crippen LogP contribution in [0.15, 0.2) is 23.1 Å². The Kier molecular flexibility index (Phi) is 4.95. The smallest absolute Gasteiger partial charge is 0.238 e. The van der Waals surface area contributed by atoms with Crippen molar-refractivity contribution in [1.29, 1.82) is 0 Å². The van der Waals surface area contributed by atoms with E-state index in [2.05, 4.69) is 5.32 Å². The Bertz CT molecular complexity index is 625. The number of benzene rings is 1. The van der Waals surface area contributed by atoms with Crippen LogP contribution in [0.4, 0.5) is 10.1 Å². The molecular formula is C14H19FN2O3S. The van der Waals surface area contributed by atoms with Crippen LogP contribution in [0.2, 0.25) is 0 Å². The van der Waals surface area contributed by atoms with Crippen LogP contribution in [0, 0.1) is 11.7 Å². The molecule has 0 bridgehead atoms. The Labute approximate surface area is 123 Å². The van der Waals surface area contributed by atoms with Gasteiger partial charge in [-0.1, -0.05) is 19.3 Å². The molecule has 1 aliphatic carbocycles. The van der Waals surface area contributed by atoms with Gasteiger partial charge in [-0.15, -0.1) is 0 Å². The van der Waals surface area contributed by atoms with E-state index in [4.69, 9.17) is 5.14 Å². The summed E-state index contributed by atoms with van der Waals surface area (Å²) in [5, 5.41) is 7.51. The standard InChI is InChI=1S/C14H19FN2O3S/c15-11-7-12(9-13(8-11)21(16,19)20)17-14(18)6-10-4-2-1-3-5-10/h7-10H,1-6H2,(H,17,18)(H2,16,19,20). The predicted molar refractivity (Wildman–Crippen MR) is 77.6 cm³/mol. The highest BCUT2D eigenvalue weighted by Gasteiger charge is 2.18. The van der Waals surface area contributed by atoms with Crippen LogP contribution in [0.1, 0.15) is 38.5 Å². The van der Waals surface area contributed by atoms with Gasteiger partial charge in [-0.05, 0) is 37.0 Å². The zero-order valence-corrected chi connectivity index (χ0v) is 12.5. The molecule has 5 nitrogen and oxygen atoms in total. The van der Waals surface area contributed by atoms with E-state index >= 15 is 0 Å². The highest BCUT2D eigenvalue weighted by Crippen LogP contribution is 2.27. The fourth-order valence-electron chi connectivity index (χ4n) is 2.66. The van der Waals surface area contributed by atoms with E-state index < -0.39 is 15.8 Å². The Morgan fingerprint density at radius 2 is 1.90 bits per heavy atom. The molecule has 0 unspecified atom stereocenters. The first kappa shape index (κ1) is 15.9. The van der Waals surface area contributed by atoms with Crippen molar-refractivity contribution in [2.24, 2.45) is 11.1 Å². The lowest BCUT2D eigenvalue weighted by molar-refractivity contribution is -0.117. The molecule has 0 saturated heterocycles. The number of anilines is 1. The first-order valence-corrected chi connectivity index (χ1v) is 8.52. The molecule has 1 amide bonds. The quantitative estimate of drug-likeness (QED) is 0.894. The third kappa shape index (κ3) is 4.78. The van der Waals surface area contributed by atoms with Crippen LogP contribution in [-0.2, 0) is 14.8 Å². The first-order valence-electron chi connectivity index (χ1n) is 6.98. The topological polar surface area (TPSA) is 89.3 Å². The lowest BCUT2D eigenvalue weighted by Gasteiger charge is -2.20. The Morgan fingerprint density at radius 3 is 2.52 bits per heavy atom. The fraction of sp³-hybridized carbons (Fsp3) is 0.500. The molecule has 0 aliphatic heterocycles. The van der Waals surface area contributed by atoms with Gasteiger partial charge in [0.05, 0.1) is 4.90 Å². The van der Waals surface area contributed by atoms with Crippen LogP contribution >= 0.6 is 0 Å². The second kappa shape index (κ2) is 6.53. The molecule has 2 rings (SSSR count). The normalized spacial score (nSPS) is 16.7. The average molecular weight is 314 g/mol. The summed E-state index contributed by atoms with van der Waals surface area (Å²) in [4.78, 5) is 11.6. The molecule has 1 aromatic rings. The summed E-state index contributed by atoms with van der Waals surface area (Å²) in [6, 6.07) is 3.07. The van der Waals surface area contributed by atoms with E-state index in [1.165, 1.54) is 6.42 Å². The van der Waals surface area contributed by atoms with Crippen molar-refractivity contribution in [2.75, 3.05) is 5.32 Å². The third-order valence-corrected chi connectivity index (χ3v) is 4.58. The maximum absolute atomic E-state index is 13.4. The van der Waals surface area contributed by atoms with Crippen molar-refractivity contribution in [3.05, 3.63) is 24.0 Å². The minimum atomic E-state index is -4.00. The molecule has 0 spiro atoms. The molecule has 1 saturated carbocycles. The van der Waals surface area contributed by atoms with Crippen LogP contribution in [-0.4, -0.2) is 14.3 Å². The molecule has 116 valence electrons. The number of carbonyl (C=O) groups excluding carboxylic acids is 1. The lowest BCUT2D eigenvalue weighted by atomic mass is 9.87. The number of amides is 1. The zero-order valence-electron chi connectivity index (χ0n) is 11.6. The number of hydrogen-bond acceptors (Lipinski definition) is 3. The summed E-state index contributed by atoms with van der Waals surface area (Å²) in [5.74, 6) is -0.632. The van der Waals surface area contributed by atoms with Gasteiger partial charge in [0.15, 0.2) is 0 Å². The molecule has 1 aliphatic rings. The van der Waals surface area contributed by atoms with Crippen molar-refractivity contribution < 1.29 is 17.6 Å². The van der Waals surface area contributed by atoms with Crippen molar-refractivity contribution in [1.82, 2.24) is 0 Å². The van der Waals surface area contributed by atoms with Gasteiger partial charge in [0.25, 0.3) is 0 Å². The van der Waals surface area contributed by atoms with Gasteiger partial charge in [-0.3, -0.25) is 4.79 Å². The van der Waals surface area contributed by atoms with Crippen LogP contribution in [0.3, 0.4) is 0 Å². The minimum Gasteiger partial charge on any atom is -0.326 e. The van der Waals surface area contributed by atoms with Gasteiger partial charge < -0.3 is 5.32 Å². The van der Waals surface area contributed by atoms with Gasteiger partial charge in [0.1, 0.15) is 5.82 Å².